The Morgan fingerprint density at radius 1 is 1.09 bits per heavy atom. The summed E-state index contributed by atoms with van der Waals surface area (Å²) >= 11 is 9.61. The van der Waals surface area contributed by atoms with E-state index in [0.717, 1.165) is 15.4 Å². The minimum atomic E-state index is -0.665. The monoisotopic (exact) mass is 552 g/mol. The lowest BCUT2D eigenvalue weighted by Crippen LogP contribution is -2.12. The van der Waals surface area contributed by atoms with Crippen molar-refractivity contribution >= 4 is 56.3 Å². The third kappa shape index (κ3) is 4.10. The molecule has 0 aliphatic carbocycles. The average Bonchev–Trinajstić information content (AvgIpc) is 3.39. The van der Waals surface area contributed by atoms with Crippen LogP contribution in [0.25, 0.3) is 17.0 Å². The van der Waals surface area contributed by atoms with Crippen LogP contribution in [0.15, 0.2) is 69.2 Å². The second-order valence-corrected chi connectivity index (χ2v) is 9.23. The molecule has 2 aliphatic rings. The van der Waals surface area contributed by atoms with E-state index in [1.807, 2.05) is 12.1 Å². The number of carbonyl (C=O) groups is 2. The molecule has 0 atom stereocenters. The number of carbonyl (C=O) groups excluding carboxylic acids is 2. The molecular formula is C26H14BrClO7. The number of ketones is 1. The minimum absolute atomic E-state index is 0.0610. The van der Waals surface area contributed by atoms with Crippen molar-refractivity contribution in [2.24, 2.45) is 0 Å². The highest BCUT2D eigenvalue weighted by molar-refractivity contribution is 9.10. The molecule has 0 spiro atoms. The number of rotatable bonds is 3. The van der Waals surface area contributed by atoms with E-state index in [2.05, 4.69) is 15.9 Å². The van der Waals surface area contributed by atoms with E-state index >= 15 is 0 Å². The van der Waals surface area contributed by atoms with Gasteiger partial charge in [-0.25, -0.2) is 4.79 Å². The highest BCUT2D eigenvalue weighted by Gasteiger charge is 2.29. The van der Waals surface area contributed by atoms with Crippen LogP contribution in [-0.4, -0.2) is 18.5 Å². The predicted octanol–water partition coefficient (Wildman–Crippen LogP) is 6.55. The van der Waals surface area contributed by atoms with Crippen LogP contribution in [0.2, 0.25) is 5.02 Å². The van der Waals surface area contributed by atoms with Crippen molar-refractivity contribution in [1.82, 2.24) is 0 Å². The lowest BCUT2D eigenvalue weighted by atomic mass is 10.1. The molecule has 0 unspecified atom stereocenters. The van der Waals surface area contributed by atoms with E-state index in [1.54, 1.807) is 36.4 Å². The normalized spacial score (nSPS) is 15.5. The summed E-state index contributed by atoms with van der Waals surface area (Å²) in [6.45, 7) is 0.468. The van der Waals surface area contributed by atoms with Crippen LogP contribution in [0, 0.1) is 0 Å². The fraction of sp³-hybridized carbons (Fsp3) is 0.0769. The van der Waals surface area contributed by atoms with Gasteiger partial charge in [0.2, 0.25) is 11.5 Å². The Bertz CT molecular complexity index is 1570. The molecule has 7 nitrogen and oxygen atoms in total. The first-order chi connectivity index (χ1) is 16.9. The van der Waals surface area contributed by atoms with Gasteiger partial charge in [-0.2, -0.15) is 0 Å². The number of hydrogen-bond donors (Lipinski definition) is 0. The summed E-state index contributed by atoms with van der Waals surface area (Å²) < 4.78 is 28.6. The molecule has 0 saturated heterocycles. The number of benzene rings is 3. The van der Waals surface area contributed by atoms with Gasteiger partial charge in [0.1, 0.15) is 22.8 Å². The van der Waals surface area contributed by atoms with Gasteiger partial charge in [0.15, 0.2) is 12.6 Å². The number of allylic oxidation sites excluding steroid dienone is 1. The molecular weight excluding hydrogens is 540 g/mol. The van der Waals surface area contributed by atoms with E-state index in [-0.39, 0.29) is 35.6 Å². The van der Waals surface area contributed by atoms with Gasteiger partial charge >= 0.3 is 5.97 Å². The fourth-order valence-corrected chi connectivity index (χ4v) is 4.59. The maximum Gasteiger partial charge on any atom is 0.379 e. The van der Waals surface area contributed by atoms with Crippen LogP contribution in [0.3, 0.4) is 0 Å². The molecule has 1 aromatic heterocycles. The van der Waals surface area contributed by atoms with E-state index in [4.69, 9.17) is 35.0 Å². The minimum Gasteiger partial charge on any atom is -0.467 e. The summed E-state index contributed by atoms with van der Waals surface area (Å²) in [6.07, 6.45) is 1.58. The average molecular weight is 554 g/mol. The predicted molar refractivity (Wildman–Crippen MR) is 130 cm³/mol. The molecule has 174 valence electrons. The Morgan fingerprint density at radius 3 is 2.86 bits per heavy atom. The molecule has 35 heavy (non-hydrogen) atoms. The van der Waals surface area contributed by atoms with E-state index in [1.165, 1.54) is 12.1 Å². The lowest BCUT2D eigenvalue weighted by Gasteiger charge is -2.20. The van der Waals surface area contributed by atoms with Gasteiger partial charge in [-0.05, 0) is 54.6 Å². The van der Waals surface area contributed by atoms with E-state index in [0.29, 0.717) is 34.1 Å². The zero-order valence-corrected chi connectivity index (χ0v) is 20.1. The van der Waals surface area contributed by atoms with Crippen molar-refractivity contribution in [3.8, 4) is 17.2 Å². The molecule has 0 fully saturated rings. The molecule has 9 heteroatoms. The third-order valence-corrected chi connectivity index (χ3v) is 6.23. The van der Waals surface area contributed by atoms with Crippen molar-refractivity contribution in [1.29, 1.82) is 0 Å². The Morgan fingerprint density at radius 2 is 1.97 bits per heavy atom. The summed E-state index contributed by atoms with van der Waals surface area (Å²) in [5, 5.41) is 1.25. The van der Waals surface area contributed by atoms with Crippen molar-refractivity contribution in [2.75, 3.05) is 6.79 Å². The van der Waals surface area contributed by atoms with E-state index < -0.39 is 5.97 Å². The van der Waals surface area contributed by atoms with Gasteiger partial charge in [-0.3, -0.25) is 4.79 Å². The lowest BCUT2D eigenvalue weighted by molar-refractivity contribution is -0.0165. The van der Waals surface area contributed by atoms with Gasteiger partial charge in [-0.1, -0.05) is 27.5 Å². The summed E-state index contributed by atoms with van der Waals surface area (Å²) in [4.78, 5) is 25.5. The SMILES string of the molecule is O=C(Oc1ccc2c(c1)O/C(=C\c1cc(Cl)cc3c1OCOC3)C2=O)c1cc2cc(Br)ccc2o1. The zero-order chi connectivity index (χ0) is 24.1. The van der Waals surface area contributed by atoms with Gasteiger partial charge in [0, 0.05) is 32.1 Å². The first-order valence-electron chi connectivity index (χ1n) is 10.5. The number of ether oxygens (including phenoxy) is 4. The number of halogens is 2. The van der Waals surface area contributed by atoms with Gasteiger partial charge < -0.3 is 23.4 Å². The third-order valence-electron chi connectivity index (χ3n) is 5.52. The highest BCUT2D eigenvalue weighted by Crippen LogP contribution is 2.38. The Labute approximate surface area is 211 Å². The number of esters is 1. The molecule has 0 saturated carbocycles. The molecule has 0 bridgehead atoms. The molecule has 0 radical (unpaired) electrons. The maximum absolute atomic E-state index is 12.9. The van der Waals surface area contributed by atoms with Crippen LogP contribution < -0.4 is 14.2 Å². The summed E-state index contributed by atoms with van der Waals surface area (Å²) in [5.74, 6) is 0.277. The number of fused-ring (bicyclic) bond motifs is 3. The quantitative estimate of drug-likeness (QED) is 0.162. The van der Waals surface area contributed by atoms with Crippen LogP contribution >= 0.6 is 27.5 Å². The van der Waals surface area contributed by atoms with Crippen molar-refractivity contribution < 1.29 is 33.0 Å². The summed E-state index contributed by atoms with van der Waals surface area (Å²) in [6, 6.07) is 15.0. The van der Waals surface area contributed by atoms with Crippen molar-refractivity contribution in [3.05, 3.63) is 92.3 Å². The summed E-state index contributed by atoms with van der Waals surface area (Å²) in [5.41, 5.74) is 2.31. The molecule has 2 aliphatic heterocycles. The van der Waals surface area contributed by atoms with Gasteiger partial charge in [0.25, 0.3) is 0 Å². The van der Waals surface area contributed by atoms with Crippen LogP contribution in [0.1, 0.15) is 32.0 Å². The Hall–Kier alpha value is -3.59. The first kappa shape index (κ1) is 21.9. The van der Waals surface area contributed by atoms with Crippen LogP contribution in [0.5, 0.6) is 17.2 Å². The molecule has 0 amide bonds. The van der Waals surface area contributed by atoms with Crippen molar-refractivity contribution in [3.63, 3.8) is 0 Å². The molecule has 3 aromatic carbocycles. The Balaban J connectivity index is 1.25. The second-order valence-electron chi connectivity index (χ2n) is 7.87. The molecule has 4 aromatic rings. The van der Waals surface area contributed by atoms with Crippen LogP contribution in [-0.2, 0) is 11.3 Å². The molecule has 3 heterocycles. The maximum atomic E-state index is 12.9. The number of hydrogen-bond acceptors (Lipinski definition) is 7. The number of Topliss-reactive ketones (excluding diaryl/α,β-unsaturated/α-hetero) is 1. The molecule has 6 rings (SSSR count). The fourth-order valence-electron chi connectivity index (χ4n) is 3.96. The van der Waals surface area contributed by atoms with Crippen molar-refractivity contribution in [2.45, 2.75) is 6.61 Å². The first-order valence-corrected chi connectivity index (χ1v) is 11.6. The van der Waals surface area contributed by atoms with Gasteiger partial charge in [0.05, 0.1) is 12.2 Å². The largest absolute Gasteiger partial charge is 0.467 e. The van der Waals surface area contributed by atoms with Crippen LogP contribution in [0.4, 0.5) is 0 Å². The Kier molecular flexibility index (Phi) is 5.36. The highest BCUT2D eigenvalue weighted by atomic mass is 79.9. The zero-order valence-electron chi connectivity index (χ0n) is 17.8. The van der Waals surface area contributed by atoms with E-state index in [9.17, 15) is 9.59 Å². The second kappa shape index (κ2) is 8.57. The topological polar surface area (TPSA) is 84.2 Å². The summed E-state index contributed by atoms with van der Waals surface area (Å²) in [7, 11) is 0. The molecule has 0 N–H and O–H groups in total. The smallest absolute Gasteiger partial charge is 0.379 e. The number of furan rings is 1. The standard InChI is InChI=1S/C26H14BrClO7/c27-16-1-4-20-13(5-16)8-23(34-20)26(30)33-18-2-3-19-21(10-18)35-22(24(19)29)9-14-6-17(28)7-15-11-31-12-32-25(14)15/h1-10H,11-12H2/b22-9-. The van der Waals surface area contributed by atoms with Gasteiger partial charge in [-0.15, -0.1) is 0 Å².